The molecule has 91 heavy (non-hydrogen) atoms. The van der Waals surface area contributed by atoms with Crippen LogP contribution in [0.3, 0.4) is 0 Å². The molecule has 0 saturated heterocycles. The number of benzene rings is 4. The van der Waals surface area contributed by atoms with Gasteiger partial charge in [0.25, 0.3) is 0 Å². The molecule has 472 valence electrons. The van der Waals surface area contributed by atoms with E-state index in [0.29, 0.717) is 11.1 Å². The first-order valence-corrected chi connectivity index (χ1v) is 35.7. The number of nitrogens with zero attached hydrogens (tertiary/aromatic N) is 4. The van der Waals surface area contributed by atoms with E-state index in [1.165, 1.54) is 211 Å². The topological polar surface area (TPSA) is 84.4 Å². The molecule has 0 saturated carbocycles. The normalized spacial score (nSPS) is 11.5. The van der Waals surface area contributed by atoms with Crippen molar-refractivity contribution in [3.63, 3.8) is 0 Å². The second-order valence-electron chi connectivity index (χ2n) is 25.6. The number of nitriles is 1. The number of aromatic nitrogens is 4. The van der Waals surface area contributed by atoms with Crippen LogP contribution in [0.15, 0.2) is 133 Å². The summed E-state index contributed by atoms with van der Waals surface area (Å²) in [4.78, 5) is 21.1. The van der Waals surface area contributed by atoms with Gasteiger partial charge in [-0.1, -0.05) is 291 Å². The van der Waals surface area contributed by atoms with Crippen molar-refractivity contribution in [2.45, 2.75) is 219 Å². The summed E-state index contributed by atoms with van der Waals surface area (Å²) in [6, 6.07) is 48.2. The predicted octanol–water partition coefficient (Wildman–Crippen LogP) is 24.0. The molecule has 5 heterocycles. The minimum absolute atomic E-state index is 0.593. The Morgan fingerprint density at radius 1 is 0.319 bits per heavy atom. The zero-order valence-corrected chi connectivity index (χ0v) is 55.3. The molecule has 9 rings (SSSR count). The van der Waals surface area contributed by atoms with Gasteiger partial charge in [-0.15, -0.1) is 0 Å². The molecular formula is C85H102N6. The maximum Gasteiger partial charge on any atom is 0.0991 e. The molecule has 0 radical (unpaired) electrons. The Balaban J connectivity index is 0.945. The summed E-state index contributed by atoms with van der Waals surface area (Å²) >= 11 is 0. The maximum absolute atomic E-state index is 9.48. The molecule has 0 atom stereocenters. The van der Waals surface area contributed by atoms with Gasteiger partial charge >= 0.3 is 0 Å². The maximum atomic E-state index is 9.48. The fourth-order valence-electron chi connectivity index (χ4n) is 13.0. The summed E-state index contributed by atoms with van der Waals surface area (Å²) in [7, 11) is 0. The minimum atomic E-state index is 0.593. The summed E-state index contributed by atoms with van der Waals surface area (Å²) in [6.45, 7) is 6.82. The van der Waals surface area contributed by atoms with Crippen LogP contribution in [0.25, 0.3) is 68.6 Å². The van der Waals surface area contributed by atoms with Crippen LogP contribution >= 0.6 is 0 Å². The van der Waals surface area contributed by atoms with Crippen molar-refractivity contribution in [3.8, 4) is 52.0 Å². The molecule has 0 aliphatic carbocycles. The van der Waals surface area contributed by atoms with Crippen LogP contribution in [0, 0.1) is 35.0 Å². The zero-order valence-electron chi connectivity index (χ0n) is 55.3. The molecule has 3 aromatic heterocycles. The number of hydrogen-bond acceptors (Lipinski definition) is 4. The molecular weight excluding hydrogens is 1100 g/mol. The van der Waals surface area contributed by atoms with E-state index in [2.05, 4.69) is 168 Å². The molecule has 0 spiro atoms. The number of unbranched alkanes of at least 4 members (excludes halogenated alkanes) is 30. The SMILES string of the molecule is CCCCCCCCCCCCCCCCCCN(CCCCCCCCCCCCCCCCCC)c1ccc(C#Cc2c3ccc([nH]3)c(-c3ccccc3)c3nc(c(C#Cc4ccc(C#N)cc4)c4nc(c(-c5ccccc5)c5ccc2[nH]5)C=C4)C=C3)cc1. The van der Waals surface area contributed by atoms with Crippen molar-refractivity contribution in [3.05, 3.63) is 184 Å². The van der Waals surface area contributed by atoms with Crippen LogP contribution in [-0.2, 0) is 0 Å². The Labute approximate surface area is 547 Å². The number of nitrogens with one attached hydrogen (secondary N) is 2. The van der Waals surface area contributed by atoms with Crippen LogP contribution in [0.4, 0.5) is 5.69 Å². The van der Waals surface area contributed by atoms with Crippen molar-refractivity contribution < 1.29 is 0 Å². The van der Waals surface area contributed by atoms with Gasteiger partial charge in [-0.2, -0.15) is 5.26 Å². The quantitative estimate of drug-likeness (QED) is 0.0300. The smallest absolute Gasteiger partial charge is 0.0991 e. The fraction of sp³-hybridized carbons (Fsp3) is 0.424. The van der Waals surface area contributed by atoms with Crippen molar-refractivity contribution in [2.24, 2.45) is 0 Å². The lowest BCUT2D eigenvalue weighted by Gasteiger charge is -2.25. The van der Waals surface area contributed by atoms with Gasteiger partial charge in [0.2, 0.25) is 0 Å². The van der Waals surface area contributed by atoms with E-state index < -0.39 is 0 Å². The third kappa shape index (κ3) is 21.5. The monoisotopic (exact) mass is 1210 g/mol. The highest BCUT2D eigenvalue weighted by atomic mass is 15.1. The van der Waals surface area contributed by atoms with Gasteiger partial charge in [0.1, 0.15) is 0 Å². The summed E-state index contributed by atoms with van der Waals surface area (Å²) < 4.78 is 0. The molecule has 4 aromatic carbocycles. The van der Waals surface area contributed by atoms with E-state index in [4.69, 9.17) is 9.97 Å². The Morgan fingerprint density at radius 3 is 1.01 bits per heavy atom. The van der Waals surface area contributed by atoms with E-state index in [1.807, 2.05) is 36.4 Å². The first-order valence-electron chi connectivity index (χ1n) is 35.7. The van der Waals surface area contributed by atoms with Crippen LogP contribution in [0.2, 0.25) is 0 Å². The average Bonchev–Trinajstić information content (AvgIpc) is 1.76. The van der Waals surface area contributed by atoms with E-state index in [9.17, 15) is 5.26 Å². The molecule has 7 aromatic rings. The zero-order chi connectivity index (χ0) is 62.8. The van der Waals surface area contributed by atoms with Gasteiger partial charge < -0.3 is 14.9 Å². The summed E-state index contributed by atoms with van der Waals surface area (Å²) in [5.41, 5.74) is 16.0. The molecule has 0 unspecified atom stereocenters. The van der Waals surface area contributed by atoms with Gasteiger partial charge in [0.05, 0.1) is 56.6 Å². The van der Waals surface area contributed by atoms with Crippen LogP contribution in [0.5, 0.6) is 0 Å². The van der Waals surface area contributed by atoms with E-state index >= 15 is 0 Å². The highest BCUT2D eigenvalue weighted by molar-refractivity contribution is 5.95. The van der Waals surface area contributed by atoms with Crippen LogP contribution < -0.4 is 4.90 Å². The van der Waals surface area contributed by atoms with Gasteiger partial charge in [-0.05, 0) is 121 Å². The number of fused-ring (bicyclic) bond motifs is 8. The highest BCUT2D eigenvalue weighted by Crippen LogP contribution is 2.35. The molecule has 2 aliphatic heterocycles. The van der Waals surface area contributed by atoms with Gasteiger partial charge in [0, 0.05) is 52.1 Å². The largest absolute Gasteiger partial charge is 0.372 e. The lowest BCUT2D eigenvalue weighted by molar-refractivity contribution is 0.524. The van der Waals surface area contributed by atoms with Crippen LogP contribution in [-0.4, -0.2) is 33.0 Å². The Kier molecular flexibility index (Phi) is 28.5. The third-order valence-electron chi connectivity index (χ3n) is 18.4. The predicted molar refractivity (Wildman–Crippen MR) is 391 cm³/mol. The first kappa shape index (κ1) is 67.3. The lowest BCUT2D eigenvalue weighted by atomic mass is 10.0. The number of H-pyrrole nitrogens is 2. The number of rotatable bonds is 37. The molecule has 6 heteroatoms. The minimum Gasteiger partial charge on any atom is -0.372 e. The van der Waals surface area contributed by atoms with E-state index in [0.717, 1.165) is 96.9 Å². The fourth-order valence-corrected chi connectivity index (χ4v) is 13.0. The van der Waals surface area contributed by atoms with Crippen molar-refractivity contribution >= 4 is 52.1 Å². The Hall–Kier alpha value is -8.11. The average molecular weight is 1210 g/mol. The second kappa shape index (κ2) is 38.6. The molecule has 6 nitrogen and oxygen atoms in total. The summed E-state index contributed by atoms with van der Waals surface area (Å²) in [5, 5.41) is 9.48. The number of aromatic amines is 2. The van der Waals surface area contributed by atoms with Gasteiger partial charge in [-0.25, -0.2) is 9.97 Å². The van der Waals surface area contributed by atoms with Gasteiger partial charge in [-0.3, -0.25) is 0 Å². The Bertz CT molecular complexity index is 3540. The lowest BCUT2D eigenvalue weighted by Crippen LogP contribution is -2.25. The van der Waals surface area contributed by atoms with Crippen molar-refractivity contribution in [1.82, 2.24) is 19.9 Å². The molecule has 2 aliphatic rings. The van der Waals surface area contributed by atoms with Crippen molar-refractivity contribution in [2.75, 3.05) is 18.0 Å². The third-order valence-corrected chi connectivity index (χ3v) is 18.4. The van der Waals surface area contributed by atoms with Gasteiger partial charge in [0.15, 0.2) is 0 Å². The van der Waals surface area contributed by atoms with E-state index in [1.54, 1.807) is 12.1 Å². The number of anilines is 1. The molecule has 0 amide bonds. The second-order valence-corrected chi connectivity index (χ2v) is 25.6. The Morgan fingerprint density at radius 2 is 0.637 bits per heavy atom. The molecule has 0 fully saturated rings. The highest BCUT2D eigenvalue weighted by Gasteiger charge is 2.18. The summed E-state index contributed by atoms with van der Waals surface area (Å²) in [5.74, 6) is 14.2. The standard InChI is InChI=1S/C85H102N6/c1-3-5-7-9-11-13-15-17-19-21-23-25-27-29-31-39-65-91(66-40-32-30-28-26-24-22-20-18-16-14-12-10-8-6-4-2)73-53-49-69(50-54-73)52-56-75-78-59-63-82(89-78)84(71-41-35-33-36-42-71)80-61-57-76(87-80)74(55-51-68-45-47-70(67-86)48-46-68)77-58-62-81(88-77)85(72-43-37-34-38-44-72)83-64-60-79(75)90-83/h33-38,41-50,53-54,57-64,89-90H,3-32,39-40,65-66H2,1-2H3. The van der Waals surface area contributed by atoms with Crippen LogP contribution in [0.1, 0.15) is 270 Å². The molecule has 8 bridgehead atoms. The first-order chi connectivity index (χ1) is 45.1. The summed E-state index contributed by atoms with van der Waals surface area (Å²) in [6.07, 6.45) is 52.7. The van der Waals surface area contributed by atoms with Crippen molar-refractivity contribution in [1.29, 1.82) is 5.26 Å². The number of hydrogen-bond donors (Lipinski definition) is 2. The van der Waals surface area contributed by atoms with E-state index in [-0.39, 0.29) is 0 Å². The molecule has 2 N–H and O–H groups in total.